The van der Waals surface area contributed by atoms with E-state index in [-0.39, 0.29) is 12.5 Å². The Morgan fingerprint density at radius 2 is 2.11 bits per heavy atom. The van der Waals surface area contributed by atoms with Crippen LogP contribution < -0.4 is 21.7 Å². The molecule has 7 heteroatoms. The normalized spacial score (nSPS) is 11.1. The molecule has 0 aromatic carbocycles. The first-order valence-corrected chi connectivity index (χ1v) is 6.02. The zero-order valence-electron chi connectivity index (χ0n) is 10.8. The minimum atomic E-state index is -0.607. The number of aldehydes is 1. The predicted octanol–water partition coefficient (Wildman–Crippen LogP) is -1.27. The number of nitrogens with one attached hydrogen (secondary N) is 3. The zero-order valence-corrected chi connectivity index (χ0v) is 10.8. The van der Waals surface area contributed by atoms with Gasteiger partial charge in [0, 0.05) is 19.5 Å². The van der Waals surface area contributed by atoms with E-state index in [0.29, 0.717) is 38.6 Å². The number of carbonyl (C=O) groups is 3. The Bertz CT molecular complexity index is 338. The van der Waals surface area contributed by atoms with Crippen molar-refractivity contribution < 1.29 is 14.4 Å². The summed E-state index contributed by atoms with van der Waals surface area (Å²) in [6.07, 6.45) is 7.27. The lowest BCUT2D eigenvalue weighted by Crippen LogP contribution is -2.42. The third kappa shape index (κ3) is 10.8. The Balaban J connectivity index is 3.73. The van der Waals surface area contributed by atoms with E-state index in [2.05, 4.69) is 21.9 Å². The molecule has 1 atom stereocenters. The number of carbonyl (C=O) groups excluding carboxylic acids is 3. The Kier molecular flexibility index (Phi) is 9.84. The molecule has 0 aliphatic carbocycles. The van der Waals surface area contributed by atoms with E-state index in [4.69, 9.17) is 12.2 Å². The third-order valence-electron chi connectivity index (χ3n) is 2.23. The molecule has 0 radical (unpaired) electrons. The zero-order chi connectivity index (χ0) is 14.5. The molecule has 3 amide bonds. The van der Waals surface area contributed by atoms with Gasteiger partial charge in [-0.25, -0.2) is 4.79 Å². The summed E-state index contributed by atoms with van der Waals surface area (Å²) in [5, 5.41) is 7.83. The Labute approximate surface area is 112 Å². The molecular weight excluding hydrogens is 248 g/mol. The van der Waals surface area contributed by atoms with Gasteiger partial charge in [-0.2, -0.15) is 0 Å². The van der Waals surface area contributed by atoms with Crippen LogP contribution in [0.3, 0.4) is 0 Å². The van der Waals surface area contributed by atoms with Gasteiger partial charge in [0.2, 0.25) is 5.91 Å². The first-order valence-electron chi connectivity index (χ1n) is 6.02. The van der Waals surface area contributed by atoms with E-state index in [9.17, 15) is 14.4 Å². The highest BCUT2D eigenvalue weighted by Gasteiger charge is 2.10. The highest BCUT2D eigenvalue weighted by Crippen LogP contribution is 1.93. The fourth-order valence-electron chi connectivity index (χ4n) is 1.33. The van der Waals surface area contributed by atoms with Gasteiger partial charge in [-0.3, -0.25) is 4.79 Å². The average Bonchev–Trinajstić information content (AvgIpc) is 2.38. The summed E-state index contributed by atoms with van der Waals surface area (Å²) in [4.78, 5) is 32.6. The summed E-state index contributed by atoms with van der Waals surface area (Å²) in [6, 6.07) is -1.17. The van der Waals surface area contributed by atoms with Gasteiger partial charge < -0.3 is 26.5 Å². The molecule has 0 aliphatic heterocycles. The molecule has 106 valence electrons. The number of primary amides is 1. The van der Waals surface area contributed by atoms with Crippen molar-refractivity contribution in [2.45, 2.75) is 25.3 Å². The molecule has 1 unspecified atom stereocenters. The minimum absolute atomic E-state index is 0.117. The lowest BCUT2D eigenvalue weighted by Gasteiger charge is -2.13. The van der Waals surface area contributed by atoms with Gasteiger partial charge in [0.15, 0.2) is 0 Å². The van der Waals surface area contributed by atoms with E-state index < -0.39 is 12.1 Å². The molecule has 0 rings (SSSR count). The standard InChI is InChI=1S/C12H20N4O3/c1-2-3-6-14-8-11(18)16-10(9-17)5-4-7-15-12(13)19/h1,9-10,14H,3-8H2,(H,16,18)(H3,13,15,19). The highest BCUT2D eigenvalue weighted by molar-refractivity contribution is 5.81. The van der Waals surface area contributed by atoms with Crippen LogP contribution in [0.5, 0.6) is 0 Å². The van der Waals surface area contributed by atoms with Crippen LogP contribution in [0.1, 0.15) is 19.3 Å². The maximum absolute atomic E-state index is 11.4. The van der Waals surface area contributed by atoms with Crippen molar-refractivity contribution in [3.8, 4) is 12.3 Å². The molecular formula is C12H20N4O3. The maximum Gasteiger partial charge on any atom is 0.312 e. The first kappa shape index (κ1) is 16.9. The second kappa shape index (κ2) is 11.0. The van der Waals surface area contributed by atoms with Crippen molar-refractivity contribution in [1.82, 2.24) is 16.0 Å². The van der Waals surface area contributed by atoms with Crippen LogP contribution in [-0.4, -0.2) is 43.9 Å². The smallest absolute Gasteiger partial charge is 0.312 e. The van der Waals surface area contributed by atoms with Crippen molar-refractivity contribution in [1.29, 1.82) is 0 Å². The first-order chi connectivity index (χ1) is 9.10. The van der Waals surface area contributed by atoms with Gasteiger partial charge in [0.05, 0.1) is 12.6 Å². The number of nitrogens with two attached hydrogens (primary N) is 1. The van der Waals surface area contributed by atoms with E-state index in [1.54, 1.807) is 0 Å². The van der Waals surface area contributed by atoms with Crippen molar-refractivity contribution in [3.63, 3.8) is 0 Å². The van der Waals surface area contributed by atoms with E-state index in [0.717, 1.165) is 0 Å². The quantitative estimate of drug-likeness (QED) is 0.225. The molecule has 0 fully saturated rings. The predicted molar refractivity (Wildman–Crippen MR) is 71.1 cm³/mol. The monoisotopic (exact) mass is 268 g/mol. The second-order valence-corrected chi connectivity index (χ2v) is 3.87. The number of hydrogen-bond acceptors (Lipinski definition) is 4. The molecule has 7 nitrogen and oxygen atoms in total. The van der Waals surface area contributed by atoms with Crippen molar-refractivity contribution in [3.05, 3.63) is 0 Å². The van der Waals surface area contributed by atoms with Crippen LogP contribution in [0.15, 0.2) is 0 Å². The van der Waals surface area contributed by atoms with Crippen LogP contribution in [0.4, 0.5) is 4.79 Å². The van der Waals surface area contributed by atoms with Gasteiger partial charge in [0.1, 0.15) is 6.29 Å². The van der Waals surface area contributed by atoms with Crippen molar-refractivity contribution in [2.24, 2.45) is 5.73 Å². The number of terminal acetylenes is 1. The van der Waals surface area contributed by atoms with Crippen molar-refractivity contribution >= 4 is 18.2 Å². The van der Waals surface area contributed by atoms with Crippen LogP contribution in [-0.2, 0) is 9.59 Å². The van der Waals surface area contributed by atoms with Gasteiger partial charge >= 0.3 is 6.03 Å². The summed E-state index contributed by atoms with van der Waals surface area (Å²) in [5.74, 6) is 2.18. The SMILES string of the molecule is C#CCCNCC(=O)NC(C=O)CCCNC(N)=O. The van der Waals surface area contributed by atoms with Crippen LogP contribution >= 0.6 is 0 Å². The molecule has 0 saturated carbocycles. The summed E-state index contributed by atoms with van der Waals surface area (Å²) in [7, 11) is 0. The lowest BCUT2D eigenvalue weighted by atomic mass is 10.2. The van der Waals surface area contributed by atoms with Crippen LogP contribution in [0, 0.1) is 12.3 Å². The van der Waals surface area contributed by atoms with Gasteiger partial charge in [-0.05, 0) is 12.8 Å². The number of amides is 3. The van der Waals surface area contributed by atoms with E-state index in [1.165, 1.54) is 0 Å². The average molecular weight is 268 g/mol. The number of hydrogen-bond donors (Lipinski definition) is 4. The number of rotatable bonds is 10. The van der Waals surface area contributed by atoms with Gasteiger partial charge in [-0.1, -0.05) is 0 Å². The molecule has 0 aromatic rings. The molecule has 5 N–H and O–H groups in total. The minimum Gasteiger partial charge on any atom is -0.352 e. The number of urea groups is 1. The summed E-state index contributed by atoms with van der Waals surface area (Å²) < 4.78 is 0. The van der Waals surface area contributed by atoms with Crippen molar-refractivity contribution in [2.75, 3.05) is 19.6 Å². The Morgan fingerprint density at radius 1 is 1.37 bits per heavy atom. The van der Waals surface area contributed by atoms with Crippen LogP contribution in [0.25, 0.3) is 0 Å². The highest BCUT2D eigenvalue weighted by atomic mass is 16.2. The fraction of sp³-hybridized carbons (Fsp3) is 0.583. The molecule has 19 heavy (non-hydrogen) atoms. The molecule has 0 bridgehead atoms. The summed E-state index contributed by atoms with van der Waals surface area (Å²) in [5.41, 5.74) is 4.89. The molecule has 0 aromatic heterocycles. The lowest BCUT2D eigenvalue weighted by molar-refractivity contribution is -0.123. The Hall–Kier alpha value is -2.07. The van der Waals surface area contributed by atoms with E-state index >= 15 is 0 Å². The molecule has 0 saturated heterocycles. The largest absolute Gasteiger partial charge is 0.352 e. The Morgan fingerprint density at radius 3 is 2.68 bits per heavy atom. The van der Waals surface area contributed by atoms with E-state index in [1.807, 2.05) is 0 Å². The second-order valence-electron chi connectivity index (χ2n) is 3.87. The summed E-state index contributed by atoms with van der Waals surface area (Å²) in [6.45, 7) is 1.04. The molecule has 0 spiro atoms. The molecule has 0 aliphatic rings. The van der Waals surface area contributed by atoms with Gasteiger partial charge in [-0.15, -0.1) is 12.3 Å². The fourth-order valence-corrected chi connectivity index (χ4v) is 1.33. The van der Waals surface area contributed by atoms with Crippen LogP contribution in [0.2, 0.25) is 0 Å². The summed E-state index contributed by atoms with van der Waals surface area (Å²) >= 11 is 0. The maximum atomic E-state index is 11.4. The van der Waals surface area contributed by atoms with Gasteiger partial charge in [0.25, 0.3) is 0 Å². The third-order valence-corrected chi connectivity index (χ3v) is 2.23. The molecule has 0 heterocycles. The topological polar surface area (TPSA) is 113 Å².